The lowest BCUT2D eigenvalue weighted by atomic mass is 9.99. The Kier molecular flexibility index (Phi) is 1.60. The number of aliphatic carboxylic acids is 1. The molecule has 1 aromatic heterocycles. The maximum atomic E-state index is 10.8. The van der Waals surface area contributed by atoms with Gasteiger partial charge in [0.25, 0.3) is 0 Å². The first-order valence-electron chi connectivity index (χ1n) is 4.03. The number of imidazole rings is 1. The normalized spacial score (nSPS) is 21.8. The van der Waals surface area contributed by atoms with Gasteiger partial charge in [-0.25, -0.2) is 4.98 Å². The quantitative estimate of drug-likeness (QED) is 0.672. The Balaban J connectivity index is 2.37. The van der Waals surface area contributed by atoms with E-state index in [-0.39, 0.29) is 0 Å². The van der Waals surface area contributed by atoms with E-state index >= 15 is 0 Å². The average Bonchev–Trinajstić information content (AvgIpc) is 2.49. The fourth-order valence-electron chi connectivity index (χ4n) is 1.65. The van der Waals surface area contributed by atoms with Gasteiger partial charge >= 0.3 is 5.97 Å². The summed E-state index contributed by atoms with van der Waals surface area (Å²) in [5, 5.41) is 8.85. The van der Waals surface area contributed by atoms with Crippen molar-refractivity contribution in [2.75, 3.05) is 0 Å². The maximum Gasteiger partial charge on any atom is 0.314 e. The SMILES string of the molecule is O=C(O)[C@@H]1CCCn2ccnc21. The molecule has 0 aromatic carbocycles. The first kappa shape index (κ1) is 7.34. The highest BCUT2D eigenvalue weighted by Crippen LogP contribution is 2.25. The molecule has 0 aliphatic carbocycles. The second-order valence-electron chi connectivity index (χ2n) is 3.01. The molecular weight excluding hydrogens is 156 g/mol. The molecule has 1 atom stereocenters. The molecule has 0 bridgehead atoms. The maximum absolute atomic E-state index is 10.8. The second-order valence-corrected chi connectivity index (χ2v) is 3.01. The van der Waals surface area contributed by atoms with Gasteiger partial charge < -0.3 is 9.67 Å². The minimum absolute atomic E-state index is 0.395. The van der Waals surface area contributed by atoms with Crippen LogP contribution in [0.15, 0.2) is 12.4 Å². The van der Waals surface area contributed by atoms with Crippen molar-refractivity contribution in [2.45, 2.75) is 25.3 Å². The fraction of sp³-hybridized carbons (Fsp3) is 0.500. The first-order valence-corrected chi connectivity index (χ1v) is 4.03. The number of nitrogens with zero attached hydrogens (tertiary/aromatic N) is 2. The monoisotopic (exact) mass is 166 g/mol. The smallest absolute Gasteiger partial charge is 0.314 e. The molecule has 64 valence electrons. The Hall–Kier alpha value is -1.32. The lowest BCUT2D eigenvalue weighted by Crippen LogP contribution is -2.21. The summed E-state index contributed by atoms with van der Waals surface area (Å²) in [6, 6.07) is 0. The molecule has 2 rings (SSSR count). The van der Waals surface area contributed by atoms with Crippen LogP contribution >= 0.6 is 0 Å². The molecule has 2 heterocycles. The summed E-state index contributed by atoms with van der Waals surface area (Å²) >= 11 is 0. The summed E-state index contributed by atoms with van der Waals surface area (Å²) in [5.74, 6) is -0.454. The Morgan fingerprint density at radius 3 is 3.33 bits per heavy atom. The highest BCUT2D eigenvalue weighted by molar-refractivity contribution is 5.75. The van der Waals surface area contributed by atoms with Crippen LogP contribution in [0.3, 0.4) is 0 Å². The summed E-state index contributed by atoms with van der Waals surface area (Å²) in [6.45, 7) is 0.902. The van der Waals surface area contributed by atoms with Gasteiger partial charge in [0.1, 0.15) is 11.7 Å². The number of rotatable bonds is 1. The Morgan fingerprint density at radius 1 is 1.75 bits per heavy atom. The fourth-order valence-corrected chi connectivity index (χ4v) is 1.65. The van der Waals surface area contributed by atoms with Crippen molar-refractivity contribution in [3.05, 3.63) is 18.2 Å². The Bertz CT molecular complexity index is 306. The number of aryl methyl sites for hydroxylation is 1. The van der Waals surface area contributed by atoms with Gasteiger partial charge in [0.15, 0.2) is 0 Å². The third kappa shape index (κ3) is 0.995. The zero-order chi connectivity index (χ0) is 8.55. The average molecular weight is 166 g/mol. The summed E-state index contributed by atoms with van der Waals surface area (Å²) < 4.78 is 1.92. The molecule has 0 spiro atoms. The van der Waals surface area contributed by atoms with Crippen molar-refractivity contribution in [2.24, 2.45) is 0 Å². The third-order valence-corrected chi connectivity index (χ3v) is 2.25. The van der Waals surface area contributed by atoms with E-state index in [9.17, 15) is 4.79 Å². The van der Waals surface area contributed by atoms with Crippen LogP contribution in [0.25, 0.3) is 0 Å². The molecule has 0 saturated carbocycles. The Labute approximate surface area is 69.8 Å². The molecule has 1 aromatic rings. The van der Waals surface area contributed by atoms with E-state index in [4.69, 9.17) is 5.11 Å². The van der Waals surface area contributed by atoms with E-state index in [0.29, 0.717) is 12.2 Å². The van der Waals surface area contributed by atoms with E-state index in [1.165, 1.54) is 0 Å². The Morgan fingerprint density at radius 2 is 2.58 bits per heavy atom. The molecule has 12 heavy (non-hydrogen) atoms. The van der Waals surface area contributed by atoms with Crippen LogP contribution in [0, 0.1) is 0 Å². The van der Waals surface area contributed by atoms with Gasteiger partial charge in [-0.15, -0.1) is 0 Å². The molecule has 1 N–H and O–H groups in total. The molecular formula is C8H10N2O2. The van der Waals surface area contributed by atoms with Crippen molar-refractivity contribution < 1.29 is 9.90 Å². The molecule has 1 aliphatic rings. The lowest BCUT2D eigenvalue weighted by Gasteiger charge is -2.19. The van der Waals surface area contributed by atoms with Gasteiger partial charge in [0, 0.05) is 18.9 Å². The lowest BCUT2D eigenvalue weighted by molar-refractivity contribution is -0.139. The zero-order valence-electron chi connectivity index (χ0n) is 6.60. The van der Waals surface area contributed by atoms with Crippen LogP contribution in [0.4, 0.5) is 0 Å². The first-order chi connectivity index (χ1) is 5.79. The molecule has 1 aliphatic heterocycles. The van der Waals surface area contributed by atoms with Crippen LogP contribution in [-0.2, 0) is 11.3 Å². The topological polar surface area (TPSA) is 55.1 Å². The van der Waals surface area contributed by atoms with Crippen LogP contribution in [0.2, 0.25) is 0 Å². The van der Waals surface area contributed by atoms with Crippen LogP contribution in [0.5, 0.6) is 0 Å². The van der Waals surface area contributed by atoms with Gasteiger partial charge in [0.05, 0.1) is 0 Å². The zero-order valence-corrected chi connectivity index (χ0v) is 6.60. The van der Waals surface area contributed by atoms with Crippen LogP contribution < -0.4 is 0 Å². The predicted molar refractivity (Wildman–Crippen MR) is 41.8 cm³/mol. The summed E-state index contributed by atoms with van der Waals surface area (Å²) in [4.78, 5) is 14.8. The highest BCUT2D eigenvalue weighted by atomic mass is 16.4. The minimum atomic E-state index is -0.762. The van der Waals surface area contributed by atoms with E-state index in [0.717, 1.165) is 13.0 Å². The van der Waals surface area contributed by atoms with Gasteiger partial charge in [-0.3, -0.25) is 4.79 Å². The molecule has 0 fully saturated rings. The second kappa shape index (κ2) is 2.62. The largest absolute Gasteiger partial charge is 0.481 e. The molecule has 4 nitrogen and oxygen atoms in total. The van der Waals surface area contributed by atoms with E-state index < -0.39 is 11.9 Å². The molecule has 0 radical (unpaired) electrons. The third-order valence-electron chi connectivity index (χ3n) is 2.25. The van der Waals surface area contributed by atoms with E-state index in [2.05, 4.69) is 4.98 Å². The van der Waals surface area contributed by atoms with Crippen LogP contribution in [-0.4, -0.2) is 20.6 Å². The van der Waals surface area contributed by atoms with Crippen molar-refractivity contribution in [3.63, 3.8) is 0 Å². The highest BCUT2D eigenvalue weighted by Gasteiger charge is 2.27. The van der Waals surface area contributed by atoms with E-state index in [1.54, 1.807) is 6.20 Å². The number of hydrogen-bond donors (Lipinski definition) is 1. The number of fused-ring (bicyclic) bond motifs is 1. The molecule has 0 amide bonds. The van der Waals surface area contributed by atoms with E-state index in [1.807, 2.05) is 10.8 Å². The standard InChI is InChI=1S/C8H10N2O2/c11-8(12)6-2-1-4-10-5-3-9-7(6)10/h3,5-6H,1-2,4H2,(H,11,12)/t6-/m1/s1. The number of hydrogen-bond acceptors (Lipinski definition) is 2. The summed E-state index contributed by atoms with van der Waals surface area (Å²) in [6.07, 6.45) is 5.15. The van der Waals surface area contributed by atoms with Gasteiger partial charge in [-0.05, 0) is 12.8 Å². The van der Waals surface area contributed by atoms with Gasteiger partial charge in [0.2, 0.25) is 0 Å². The summed E-state index contributed by atoms with van der Waals surface area (Å²) in [7, 11) is 0. The van der Waals surface area contributed by atoms with Crippen LogP contribution in [0.1, 0.15) is 24.6 Å². The molecule has 0 unspecified atom stereocenters. The van der Waals surface area contributed by atoms with Gasteiger partial charge in [-0.2, -0.15) is 0 Å². The van der Waals surface area contributed by atoms with Gasteiger partial charge in [-0.1, -0.05) is 0 Å². The number of aromatic nitrogens is 2. The van der Waals surface area contributed by atoms with Crippen molar-refractivity contribution in [3.8, 4) is 0 Å². The number of carbonyl (C=O) groups is 1. The number of carboxylic acid groups (broad SMARTS) is 1. The van der Waals surface area contributed by atoms with Crippen molar-refractivity contribution >= 4 is 5.97 Å². The molecule has 0 saturated heterocycles. The minimum Gasteiger partial charge on any atom is -0.481 e. The number of carboxylic acids is 1. The predicted octanol–water partition coefficient (Wildman–Crippen LogP) is 0.845. The van der Waals surface area contributed by atoms with Crippen molar-refractivity contribution in [1.82, 2.24) is 9.55 Å². The molecule has 4 heteroatoms. The summed E-state index contributed by atoms with van der Waals surface area (Å²) in [5.41, 5.74) is 0. The van der Waals surface area contributed by atoms with Crippen molar-refractivity contribution in [1.29, 1.82) is 0 Å².